The van der Waals surface area contributed by atoms with E-state index in [0.29, 0.717) is 17.4 Å². The van der Waals surface area contributed by atoms with Crippen molar-refractivity contribution in [1.29, 1.82) is 0 Å². The van der Waals surface area contributed by atoms with Crippen LogP contribution in [0.3, 0.4) is 0 Å². The van der Waals surface area contributed by atoms with Crippen molar-refractivity contribution in [2.75, 3.05) is 45.6 Å². The van der Waals surface area contributed by atoms with E-state index in [2.05, 4.69) is 50.5 Å². The molecule has 3 rings (SSSR count). The topological polar surface area (TPSA) is 61.4 Å². The highest BCUT2D eigenvalue weighted by Gasteiger charge is 2.25. The van der Waals surface area contributed by atoms with Crippen LogP contribution in [0.2, 0.25) is 0 Å². The number of nitrogens with one attached hydrogen (secondary N) is 1. The molecule has 0 bridgehead atoms. The number of carbonyl (C=O) groups is 1. The van der Waals surface area contributed by atoms with Gasteiger partial charge < -0.3 is 15.1 Å². The number of amides is 1. The van der Waals surface area contributed by atoms with Gasteiger partial charge in [0.2, 0.25) is 0 Å². The van der Waals surface area contributed by atoms with Gasteiger partial charge in [-0.1, -0.05) is 30.3 Å². The molecule has 1 aliphatic rings. The first-order valence-corrected chi connectivity index (χ1v) is 10.1. The van der Waals surface area contributed by atoms with E-state index in [4.69, 9.17) is 0 Å². The minimum atomic E-state index is 0.0133. The van der Waals surface area contributed by atoms with Gasteiger partial charge in [0.25, 0.3) is 5.91 Å². The lowest BCUT2D eigenvalue weighted by atomic mass is 9.90. The average molecular weight is 382 g/mol. The molecule has 28 heavy (non-hydrogen) atoms. The number of likely N-dealkylation sites (N-methyl/N-ethyl adjacent to an activating group) is 1. The van der Waals surface area contributed by atoms with E-state index in [0.717, 1.165) is 51.3 Å². The third-order valence-corrected chi connectivity index (χ3v) is 5.19. The van der Waals surface area contributed by atoms with E-state index in [-0.39, 0.29) is 5.91 Å². The van der Waals surface area contributed by atoms with Crippen LogP contribution in [0.25, 0.3) is 0 Å². The van der Waals surface area contributed by atoms with Crippen molar-refractivity contribution in [3.05, 3.63) is 53.5 Å². The second-order valence-electron chi connectivity index (χ2n) is 7.84. The number of aromatic nitrogens is 2. The lowest BCUT2D eigenvalue weighted by Gasteiger charge is -2.32. The van der Waals surface area contributed by atoms with Gasteiger partial charge in [-0.05, 0) is 51.8 Å². The number of rotatable bonds is 7. The summed E-state index contributed by atoms with van der Waals surface area (Å²) in [6.45, 7) is 5.11. The minimum absolute atomic E-state index is 0.0133. The first-order chi connectivity index (χ1) is 13.5. The van der Waals surface area contributed by atoms with Crippen molar-refractivity contribution in [3.63, 3.8) is 0 Å². The molecular formula is C22H31N5O. The Morgan fingerprint density at radius 1 is 1.18 bits per heavy atom. The van der Waals surface area contributed by atoms with Crippen LogP contribution in [0.1, 0.15) is 34.7 Å². The van der Waals surface area contributed by atoms with Gasteiger partial charge in [-0.2, -0.15) is 0 Å². The fourth-order valence-electron chi connectivity index (χ4n) is 3.62. The zero-order valence-corrected chi connectivity index (χ0v) is 17.2. The average Bonchev–Trinajstić information content (AvgIpc) is 2.68. The van der Waals surface area contributed by atoms with E-state index in [1.165, 1.54) is 5.56 Å². The molecule has 1 aliphatic heterocycles. The monoisotopic (exact) mass is 381 g/mol. The molecule has 1 aromatic carbocycles. The molecule has 1 amide bonds. The maximum Gasteiger partial charge on any atom is 0.272 e. The molecule has 0 aliphatic carbocycles. The van der Waals surface area contributed by atoms with E-state index in [1.807, 2.05) is 25.9 Å². The molecule has 6 nitrogen and oxygen atoms in total. The Balaban J connectivity index is 1.56. The Labute approximate surface area is 168 Å². The Bertz CT molecular complexity index is 770. The zero-order chi connectivity index (χ0) is 19.9. The molecule has 2 heterocycles. The zero-order valence-electron chi connectivity index (χ0n) is 17.2. The number of benzene rings is 1. The fraction of sp³-hybridized carbons (Fsp3) is 0.500. The van der Waals surface area contributed by atoms with Gasteiger partial charge in [-0.25, -0.2) is 9.97 Å². The number of hydrogen-bond donors (Lipinski definition) is 1. The molecule has 0 spiro atoms. The van der Waals surface area contributed by atoms with Crippen molar-refractivity contribution < 1.29 is 4.79 Å². The number of hydrogen-bond acceptors (Lipinski definition) is 5. The third kappa shape index (κ3) is 5.76. The highest BCUT2D eigenvalue weighted by atomic mass is 16.2. The Morgan fingerprint density at radius 2 is 1.89 bits per heavy atom. The van der Waals surface area contributed by atoms with Crippen LogP contribution in [0.15, 0.2) is 36.4 Å². The Morgan fingerprint density at radius 3 is 2.57 bits per heavy atom. The van der Waals surface area contributed by atoms with Crippen molar-refractivity contribution >= 4 is 11.7 Å². The highest BCUT2D eigenvalue weighted by Crippen LogP contribution is 2.23. The summed E-state index contributed by atoms with van der Waals surface area (Å²) in [5.74, 6) is 2.00. The van der Waals surface area contributed by atoms with Crippen molar-refractivity contribution in [1.82, 2.24) is 19.8 Å². The van der Waals surface area contributed by atoms with E-state index in [1.54, 1.807) is 6.07 Å². The number of carbonyl (C=O) groups excluding carboxylic acids is 1. The van der Waals surface area contributed by atoms with Crippen LogP contribution < -0.4 is 5.32 Å². The largest absolute Gasteiger partial charge is 0.369 e. The summed E-state index contributed by atoms with van der Waals surface area (Å²) in [5.41, 5.74) is 1.87. The van der Waals surface area contributed by atoms with Crippen molar-refractivity contribution in [2.45, 2.75) is 26.2 Å². The highest BCUT2D eigenvalue weighted by molar-refractivity contribution is 5.93. The van der Waals surface area contributed by atoms with Crippen LogP contribution in [-0.2, 0) is 6.42 Å². The van der Waals surface area contributed by atoms with Gasteiger partial charge in [0.05, 0.1) is 0 Å². The molecule has 1 saturated heterocycles. The molecule has 0 saturated carbocycles. The van der Waals surface area contributed by atoms with Crippen molar-refractivity contribution in [3.8, 4) is 0 Å². The van der Waals surface area contributed by atoms with Crippen LogP contribution >= 0.6 is 0 Å². The lowest BCUT2D eigenvalue weighted by molar-refractivity contribution is 0.0684. The van der Waals surface area contributed by atoms with Crippen LogP contribution in [0.5, 0.6) is 0 Å². The third-order valence-electron chi connectivity index (χ3n) is 5.19. The van der Waals surface area contributed by atoms with Gasteiger partial charge in [0, 0.05) is 32.2 Å². The van der Waals surface area contributed by atoms with E-state index < -0.39 is 0 Å². The standard InChI is InChI=1S/C22H31N5O/c1-17-24-20(16-21(25-17)23-11-14-26(2)3)22(28)27-12-9-19(10-13-27)15-18-7-5-4-6-8-18/h4-8,16,19H,9-15H2,1-3H3,(H,23,24,25). The molecule has 6 heteroatoms. The number of nitrogens with zero attached hydrogens (tertiary/aromatic N) is 4. The summed E-state index contributed by atoms with van der Waals surface area (Å²) in [5, 5.41) is 3.29. The molecule has 2 aromatic rings. The van der Waals surface area contributed by atoms with Gasteiger partial charge in [0.15, 0.2) is 0 Å². The summed E-state index contributed by atoms with van der Waals surface area (Å²) in [6.07, 6.45) is 3.17. The Kier molecular flexibility index (Phi) is 6.98. The van der Waals surface area contributed by atoms with Gasteiger partial charge in [-0.15, -0.1) is 0 Å². The SMILES string of the molecule is Cc1nc(NCCN(C)C)cc(C(=O)N2CCC(Cc3ccccc3)CC2)n1. The quantitative estimate of drug-likeness (QED) is 0.799. The number of likely N-dealkylation sites (tertiary alicyclic amines) is 1. The number of piperidine rings is 1. The van der Waals surface area contributed by atoms with Gasteiger partial charge >= 0.3 is 0 Å². The van der Waals surface area contributed by atoms with E-state index in [9.17, 15) is 4.79 Å². The summed E-state index contributed by atoms with van der Waals surface area (Å²) in [6, 6.07) is 12.4. The summed E-state index contributed by atoms with van der Waals surface area (Å²) < 4.78 is 0. The second-order valence-corrected chi connectivity index (χ2v) is 7.84. The number of anilines is 1. The predicted molar refractivity (Wildman–Crippen MR) is 113 cm³/mol. The van der Waals surface area contributed by atoms with Crippen LogP contribution in [-0.4, -0.2) is 65.9 Å². The van der Waals surface area contributed by atoms with E-state index >= 15 is 0 Å². The molecular weight excluding hydrogens is 350 g/mol. The molecule has 150 valence electrons. The Hall–Kier alpha value is -2.47. The predicted octanol–water partition coefficient (Wildman–Crippen LogP) is 2.85. The maximum absolute atomic E-state index is 13.0. The number of aryl methyl sites for hydroxylation is 1. The first-order valence-electron chi connectivity index (χ1n) is 10.1. The minimum Gasteiger partial charge on any atom is -0.369 e. The summed E-state index contributed by atoms with van der Waals surface area (Å²) in [7, 11) is 4.06. The van der Waals surface area contributed by atoms with Crippen molar-refractivity contribution in [2.24, 2.45) is 5.92 Å². The van der Waals surface area contributed by atoms with Crippen LogP contribution in [0, 0.1) is 12.8 Å². The summed E-state index contributed by atoms with van der Waals surface area (Å²) in [4.78, 5) is 25.8. The molecule has 1 fully saturated rings. The molecule has 0 unspecified atom stereocenters. The maximum atomic E-state index is 13.0. The normalized spacial score (nSPS) is 15.1. The second kappa shape index (κ2) is 9.64. The first kappa shape index (κ1) is 20.3. The van der Waals surface area contributed by atoms with Gasteiger partial charge in [0.1, 0.15) is 17.3 Å². The molecule has 1 N–H and O–H groups in total. The molecule has 0 atom stereocenters. The molecule has 1 aromatic heterocycles. The smallest absolute Gasteiger partial charge is 0.272 e. The lowest BCUT2D eigenvalue weighted by Crippen LogP contribution is -2.39. The molecule has 0 radical (unpaired) electrons. The van der Waals surface area contributed by atoms with Gasteiger partial charge in [-0.3, -0.25) is 4.79 Å². The van der Waals surface area contributed by atoms with Crippen LogP contribution in [0.4, 0.5) is 5.82 Å². The fourth-order valence-corrected chi connectivity index (χ4v) is 3.62. The summed E-state index contributed by atoms with van der Waals surface area (Å²) >= 11 is 0.